The van der Waals surface area contributed by atoms with Gasteiger partial charge in [0.2, 0.25) is 0 Å². The second-order valence-electron chi connectivity index (χ2n) is 7.10. The summed E-state index contributed by atoms with van der Waals surface area (Å²) in [5.74, 6) is 1.64. The summed E-state index contributed by atoms with van der Waals surface area (Å²) < 4.78 is 11.6. The minimum Gasteiger partial charge on any atom is -0.494 e. The van der Waals surface area contributed by atoms with Gasteiger partial charge >= 0.3 is 0 Å². The summed E-state index contributed by atoms with van der Waals surface area (Å²) in [6, 6.07) is 27.8. The summed E-state index contributed by atoms with van der Waals surface area (Å²) in [5, 5.41) is 7.41. The minimum atomic E-state index is 0.416. The van der Waals surface area contributed by atoms with Crippen molar-refractivity contribution in [2.45, 2.75) is 19.4 Å². The molecular weight excluding hydrogens is 374 g/mol. The first-order chi connectivity index (χ1) is 14.8. The first-order valence-corrected chi connectivity index (χ1v) is 10.1. The van der Waals surface area contributed by atoms with Gasteiger partial charge < -0.3 is 15.2 Å². The lowest BCUT2D eigenvalue weighted by Gasteiger charge is -2.07. The van der Waals surface area contributed by atoms with E-state index in [1.54, 1.807) is 0 Å². The molecule has 0 saturated carbocycles. The zero-order valence-corrected chi connectivity index (χ0v) is 16.8. The van der Waals surface area contributed by atoms with Gasteiger partial charge in [0.1, 0.15) is 18.1 Å². The third-order valence-electron chi connectivity index (χ3n) is 4.78. The number of aromatic nitrogens is 2. The molecule has 0 aliphatic rings. The van der Waals surface area contributed by atoms with Crippen LogP contribution in [0.1, 0.15) is 17.7 Å². The van der Waals surface area contributed by atoms with Crippen LogP contribution in [0.15, 0.2) is 84.9 Å². The van der Waals surface area contributed by atoms with Gasteiger partial charge in [0.05, 0.1) is 18.0 Å². The van der Waals surface area contributed by atoms with E-state index in [4.69, 9.17) is 15.2 Å². The first kappa shape index (κ1) is 19.6. The van der Waals surface area contributed by atoms with Gasteiger partial charge in [-0.1, -0.05) is 30.3 Å². The van der Waals surface area contributed by atoms with Crippen LogP contribution in [-0.4, -0.2) is 16.8 Å². The largest absolute Gasteiger partial charge is 0.494 e. The Kier molecular flexibility index (Phi) is 6.30. The van der Waals surface area contributed by atoms with Crippen LogP contribution in [0.4, 0.5) is 5.69 Å². The summed E-state index contributed by atoms with van der Waals surface area (Å²) in [7, 11) is 0. The summed E-state index contributed by atoms with van der Waals surface area (Å²) >= 11 is 0. The Labute approximate surface area is 176 Å². The number of hydrogen-bond donors (Lipinski definition) is 2. The van der Waals surface area contributed by atoms with Crippen LogP contribution < -0.4 is 15.2 Å². The van der Waals surface area contributed by atoms with Crippen LogP contribution >= 0.6 is 0 Å². The molecule has 0 atom stereocenters. The fourth-order valence-electron chi connectivity index (χ4n) is 3.14. The quantitative estimate of drug-likeness (QED) is 0.298. The Morgan fingerprint density at radius 2 is 1.50 bits per heavy atom. The number of nitrogens with one attached hydrogen (secondary N) is 1. The highest BCUT2D eigenvalue weighted by Gasteiger charge is 2.06. The van der Waals surface area contributed by atoms with E-state index in [-0.39, 0.29) is 0 Å². The minimum absolute atomic E-state index is 0.416. The fourth-order valence-corrected chi connectivity index (χ4v) is 3.14. The molecule has 0 spiro atoms. The van der Waals surface area contributed by atoms with Crippen LogP contribution in [0.3, 0.4) is 0 Å². The van der Waals surface area contributed by atoms with E-state index in [0.29, 0.717) is 13.2 Å². The van der Waals surface area contributed by atoms with E-state index in [2.05, 4.69) is 34.5 Å². The summed E-state index contributed by atoms with van der Waals surface area (Å²) in [5.41, 5.74) is 10.6. The van der Waals surface area contributed by atoms with Gasteiger partial charge in [0, 0.05) is 11.3 Å². The Bertz CT molecular complexity index is 1040. The highest BCUT2D eigenvalue weighted by molar-refractivity contribution is 5.60. The second-order valence-corrected chi connectivity index (χ2v) is 7.10. The zero-order chi connectivity index (χ0) is 20.6. The standard InChI is InChI=1S/C25H25N3O2/c26-21-10-14-24(15-11-21)30-18-22-17-25(28-27-22)20-8-12-23(13-9-20)29-16-4-7-19-5-2-1-3-6-19/h1-3,5-6,8-15,17H,4,7,16,18,26H2,(H,27,28). The normalized spacial score (nSPS) is 10.7. The SMILES string of the molecule is Nc1ccc(OCc2cc(-c3ccc(OCCCc4ccccc4)cc3)n[nH]2)cc1. The Hall–Kier alpha value is -3.73. The lowest BCUT2D eigenvalue weighted by Crippen LogP contribution is -1.99. The van der Waals surface area contributed by atoms with E-state index in [1.807, 2.05) is 60.7 Å². The molecular formula is C25H25N3O2. The number of benzene rings is 3. The molecule has 3 N–H and O–H groups in total. The maximum absolute atomic E-state index is 5.86. The van der Waals surface area contributed by atoms with Crippen molar-refractivity contribution in [1.82, 2.24) is 10.2 Å². The molecule has 1 aromatic heterocycles. The lowest BCUT2D eigenvalue weighted by atomic mass is 10.1. The summed E-state index contributed by atoms with van der Waals surface area (Å²) in [4.78, 5) is 0. The van der Waals surface area contributed by atoms with Gasteiger partial charge in [-0.3, -0.25) is 5.10 Å². The number of nitrogen functional groups attached to an aromatic ring is 1. The number of aromatic amines is 1. The number of ether oxygens (including phenoxy) is 2. The highest BCUT2D eigenvalue weighted by Crippen LogP contribution is 2.22. The molecule has 30 heavy (non-hydrogen) atoms. The van der Waals surface area contributed by atoms with Crippen molar-refractivity contribution >= 4 is 5.69 Å². The van der Waals surface area contributed by atoms with Crippen LogP contribution in [0.2, 0.25) is 0 Å². The molecule has 0 bridgehead atoms. The van der Waals surface area contributed by atoms with Gasteiger partial charge in [0.15, 0.2) is 0 Å². The zero-order valence-electron chi connectivity index (χ0n) is 16.8. The number of nitrogens with zero attached hydrogens (tertiary/aromatic N) is 1. The van der Waals surface area contributed by atoms with Gasteiger partial charge in [0.25, 0.3) is 0 Å². The van der Waals surface area contributed by atoms with Crippen molar-refractivity contribution in [1.29, 1.82) is 0 Å². The van der Waals surface area contributed by atoms with Crippen LogP contribution in [0.5, 0.6) is 11.5 Å². The lowest BCUT2D eigenvalue weighted by molar-refractivity contribution is 0.301. The van der Waals surface area contributed by atoms with Gasteiger partial charge in [-0.2, -0.15) is 5.10 Å². The molecule has 4 rings (SSSR count). The highest BCUT2D eigenvalue weighted by atomic mass is 16.5. The molecule has 5 nitrogen and oxygen atoms in total. The van der Waals surface area contributed by atoms with Gasteiger partial charge in [-0.15, -0.1) is 0 Å². The Morgan fingerprint density at radius 3 is 2.27 bits per heavy atom. The number of nitrogens with two attached hydrogens (primary N) is 1. The van der Waals surface area contributed by atoms with E-state index in [0.717, 1.165) is 47.0 Å². The summed E-state index contributed by atoms with van der Waals surface area (Å²) in [6.07, 6.45) is 2.01. The van der Waals surface area contributed by atoms with Crippen molar-refractivity contribution in [2.24, 2.45) is 0 Å². The molecule has 4 aromatic rings. The molecule has 0 unspecified atom stereocenters. The fraction of sp³-hybridized carbons (Fsp3) is 0.160. The molecule has 0 aliphatic carbocycles. The molecule has 1 heterocycles. The van der Waals surface area contributed by atoms with Crippen molar-refractivity contribution in [3.63, 3.8) is 0 Å². The van der Waals surface area contributed by atoms with Gasteiger partial charge in [-0.05, 0) is 73.0 Å². The Morgan fingerprint density at radius 1 is 0.800 bits per heavy atom. The van der Waals surface area contributed by atoms with Crippen LogP contribution in [-0.2, 0) is 13.0 Å². The molecule has 0 amide bonds. The predicted octanol–water partition coefficient (Wildman–Crippen LogP) is 5.25. The molecule has 0 aliphatic heterocycles. The van der Waals surface area contributed by atoms with E-state index in [9.17, 15) is 0 Å². The number of anilines is 1. The third-order valence-corrected chi connectivity index (χ3v) is 4.78. The molecule has 152 valence electrons. The maximum atomic E-state index is 5.86. The molecule has 0 fully saturated rings. The van der Waals surface area contributed by atoms with Gasteiger partial charge in [-0.25, -0.2) is 0 Å². The topological polar surface area (TPSA) is 73.2 Å². The van der Waals surface area contributed by atoms with Crippen LogP contribution in [0.25, 0.3) is 11.3 Å². The van der Waals surface area contributed by atoms with E-state index < -0.39 is 0 Å². The smallest absolute Gasteiger partial charge is 0.130 e. The van der Waals surface area contributed by atoms with E-state index >= 15 is 0 Å². The first-order valence-electron chi connectivity index (χ1n) is 10.1. The molecule has 0 radical (unpaired) electrons. The molecule has 5 heteroatoms. The number of rotatable bonds is 9. The molecule has 3 aromatic carbocycles. The summed E-state index contributed by atoms with van der Waals surface area (Å²) in [6.45, 7) is 1.11. The van der Waals surface area contributed by atoms with Crippen molar-refractivity contribution in [3.8, 4) is 22.8 Å². The Balaban J connectivity index is 1.26. The monoisotopic (exact) mass is 399 g/mol. The second kappa shape index (κ2) is 9.65. The predicted molar refractivity (Wildman–Crippen MR) is 119 cm³/mol. The van der Waals surface area contributed by atoms with Crippen LogP contribution in [0, 0.1) is 0 Å². The third kappa shape index (κ3) is 5.41. The number of hydrogen-bond acceptors (Lipinski definition) is 4. The number of aryl methyl sites for hydroxylation is 1. The maximum Gasteiger partial charge on any atom is 0.130 e. The average molecular weight is 399 g/mol. The average Bonchev–Trinajstić information content (AvgIpc) is 3.27. The van der Waals surface area contributed by atoms with Crippen molar-refractivity contribution in [2.75, 3.05) is 12.3 Å². The molecule has 0 saturated heterocycles. The number of H-pyrrole nitrogens is 1. The van der Waals surface area contributed by atoms with Crippen molar-refractivity contribution < 1.29 is 9.47 Å². The van der Waals surface area contributed by atoms with E-state index in [1.165, 1.54) is 5.56 Å². The van der Waals surface area contributed by atoms with Crippen molar-refractivity contribution in [3.05, 3.63) is 96.2 Å².